The number of hydrogen-bond donors (Lipinski definition) is 1. The fraction of sp³-hybridized carbons (Fsp3) is 0.391. The van der Waals surface area contributed by atoms with E-state index in [1.54, 1.807) is 6.07 Å². The van der Waals surface area contributed by atoms with Gasteiger partial charge in [-0.3, -0.25) is 4.79 Å². The molecule has 1 amide bonds. The molecule has 1 aromatic heterocycles. The van der Waals surface area contributed by atoms with Gasteiger partial charge in [-0.15, -0.1) is 0 Å². The number of nitrogens with two attached hydrogens (primary N) is 1. The van der Waals surface area contributed by atoms with Gasteiger partial charge in [-0.2, -0.15) is 13.9 Å². The topological polar surface area (TPSA) is 79.4 Å². The van der Waals surface area contributed by atoms with Gasteiger partial charge in [0.1, 0.15) is 17.0 Å². The second-order valence-corrected chi connectivity index (χ2v) is 7.79. The third-order valence-corrected chi connectivity index (χ3v) is 5.51. The first-order valence-electron chi connectivity index (χ1n) is 10.6. The Hall–Kier alpha value is -3.07. The van der Waals surface area contributed by atoms with E-state index in [1.165, 1.54) is 16.8 Å². The summed E-state index contributed by atoms with van der Waals surface area (Å²) in [5, 5.41) is 5.10. The van der Waals surface area contributed by atoms with Crippen molar-refractivity contribution in [1.82, 2.24) is 9.78 Å². The van der Waals surface area contributed by atoms with Crippen LogP contribution < -0.4 is 10.5 Å². The van der Waals surface area contributed by atoms with Crippen LogP contribution in [0.3, 0.4) is 0 Å². The summed E-state index contributed by atoms with van der Waals surface area (Å²) in [5.74, 6) is -1.35. The van der Waals surface area contributed by atoms with Gasteiger partial charge in [0, 0.05) is 23.1 Å². The van der Waals surface area contributed by atoms with Crippen LogP contribution >= 0.6 is 0 Å². The minimum atomic E-state index is -3.04. The molecule has 2 N–H and O–H groups in total. The average Bonchev–Trinajstić information content (AvgIpc) is 3.13. The molecule has 2 heterocycles. The van der Waals surface area contributed by atoms with E-state index in [-0.39, 0.29) is 22.6 Å². The summed E-state index contributed by atoms with van der Waals surface area (Å²) in [6.45, 7) is -0.563. The van der Waals surface area contributed by atoms with Gasteiger partial charge in [-0.1, -0.05) is 13.3 Å². The second kappa shape index (κ2) is 9.20. The number of ether oxygens (including phenoxy) is 2. The van der Waals surface area contributed by atoms with Gasteiger partial charge in [-0.25, -0.2) is 9.07 Å². The SMILES string of the molecule is CCCc1cc(OC(F)F)c2c(c1)c(-c1cc(F)ccc1C(N)=O)nn2C1CCCCO1. The standard InChI is InChI=1S/C23H24F3N3O3/c1-2-5-13-10-17-20(16-12-14(24)7-8-15(16)22(27)30)28-29(19-6-3-4-9-31-19)21(17)18(11-13)32-23(25)26/h7-8,10-12,19,23H,2-6,9H2,1H3,(H2,27,30). The number of nitrogens with zero attached hydrogens (tertiary/aromatic N) is 2. The Bertz CT molecular complexity index is 1140. The van der Waals surface area contributed by atoms with Crippen LogP contribution in [0.25, 0.3) is 22.2 Å². The molecule has 3 aromatic rings. The minimum Gasteiger partial charge on any atom is -0.433 e. The Morgan fingerprint density at radius 2 is 2.12 bits per heavy atom. The number of halogens is 3. The third kappa shape index (κ3) is 4.29. The highest BCUT2D eigenvalue weighted by molar-refractivity contribution is 6.05. The Kier molecular flexibility index (Phi) is 6.36. The summed E-state index contributed by atoms with van der Waals surface area (Å²) in [6, 6.07) is 6.99. The van der Waals surface area contributed by atoms with Crippen LogP contribution in [-0.4, -0.2) is 28.9 Å². The highest BCUT2D eigenvalue weighted by Crippen LogP contribution is 2.40. The molecule has 0 saturated carbocycles. The van der Waals surface area contributed by atoms with E-state index in [2.05, 4.69) is 5.10 Å². The maximum Gasteiger partial charge on any atom is 0.387 e. The zero-order valence-corrected chi connectivity index (χ0v) is 17.6. The Labute approximate surface area is 183 Å². The van der Waals surface area contributed by atoms with E-state index in [4.69, 9.17) is 15.2 Å². The lowest BCUT2D eigenvalue weighted by Gasteiger charge is -2.24. The molecule has 1 aliphatic heterocycles. The zero-order chi connectivity index (χ0) is 22.8. The molecular formula is C23H24F3N3O3. The van der Waals surface area contributed by atoms with Crippen LogP contribution in [0.5, 0.6) is 5.75 Å². The minimum absolute atomic E-state index is 0.0362. The first-order chi connectivity index (χ1) is 15.4. The van der Waals surface area contributed by atoms with E-state index >= 15 is 0 Å². The quantitative estimate of drug-likeness (QED) is 0.540. The highest BCUT2D eigenvalue weighted by atomic mass is 19.3. The molecule has 32 heavy (non-hydrogen) atoms. The van der Waals surface area contributed by atoms with E-state index < -0.39 is 24.6 Å². The summed E-state index contributed by atoms with van der Waals surface area (Å²) >= 11 is 0. The molecule has 0 aliphatic carbocycles. The van der Waals surface area contributed by atoms with Gasteiger partial charge in [-0.05, 0) is 61.6 Å². The van der Waals surface area contributed by atoms with Crippen LogP contribution in [0.1, 0.15) is 54.8 Å². The lowest BCUT2D eigenvalue weighted by atomic mass is 9.99. The average molecular weight is 447 g/mol. The molecule has 1 unspecified atom stereocenters. The van der Waals surface area contributed by atoms with E-state index in [9.17, 15) is 18.0 Å². The third-order valence-electron chi connectivity index (χ3n) is 5.51. The number of carbonyl (C=O) groups excluding carboxylic acids is 1. The molecule has 4 rings (SSSR count). The Balaban J connectivity index is 2.04. The smallest absolute Gasteiger partial charge is 0.387 e. The number of rotatable bonds is 7. The fourth-order valence-electron chi connectivity index (χ4n) is 4.16. The lowest BCUT2D eigenvalue weighted by molar-refractivity contribution is -0.0517. The van der Waals surface area contributed by atoms with Crippen LogP contribution in [0.15, 0.2) is 30.3 Å². The summed E-state index contributed by atoms with van der Waals surface area (Å²) in [7, 11) is 0. The molecule has 0 radical (unpaired) electrons. The van der Waals surface area contributed by atoms with Crippen molar-refractivity contribution in [3.63, 3.8) is 0 Å². The molecule has 1 atom stereocenters. The number of carbonyl (C=O) groups is 1. The molecule has 1 saturated heterocycles. The largest absolute Gasteiger partial charge is 0.433 e. The van der Waals surface area contributed by atoms with Crippen LogP contribution in [-0.2, 0) is 11.2 Å². The first kappa shape index (κ1) is 22.1. The van der Waals surface area contributed by atoms with Crippen LogP contribution in [0, 0.1) is 5.82 Å². The number of aryl methyl sites for hydroxylation is 1. The van der Waals surface area contributed by atoms with Gasteiger partial charge in [0.2, 0.25) is 5.91 Å². The number of benzene rings is 2. The van der Waals surface area contributed by atoms with Gasteiger partial charge in [0.15, 0.2) is 12.0 Å². The molecule has 2 aromatic carbocycles. The van der Waals surface area contributed by atoms with Gasteiger partial charge in [0.25, 0.3) is 0 Å². The molecule has 170 valence electrons. The number of aromatic nitrogens is 2. The monoisotopic (exact) mass is 447 g/mol. The summed E-state index contributed by atoms with van der Waals surface area (Å²) in [5.41, 5.74) is 7.13. The second-order valence-electron chi connectivity index (χ2n) is 7.79. The van der Waals surface area contributed by atoms with E-state index in [0.717, 1.165) is 30.9 Å². The summed E-state index contributed by atoms with van der Waals surface area (Å²) in [6.07, 6.45) is 3.30. The Morgan fingerprint density at radius 3 is 2.78 bits per heavy atom. The van der Waals surface area contributed by atoms with Crippen molar-refractivity contribution in [2.45, 2.75) is 51.9 Å². The number of hydrogen-bond acceptors (Lipinski definition) is 4. The number of amides is 1. The van der Waals surface area contributed by atoms with Crippen molar-refractivity contribution >= 4 is 16.8 Å². The molecule has 0 spiro atoms. The van der Waals surface area contributed by atoms with Crippen molar-refractivity contribution in [3.8, 4) is 17.0 Å². The zero-order valence-electron chi connectivity index (χ0n) is 17.6. The van der Waals surface area contributed by atoms with Crippen LogP contribution in [0.2, 0.25) is 0 Å². The number of fused-ring (bicyclic) bond motifs is 1. The van der Waals surface area contributed by atoms with Gasteiger partial charge < -0.3 is 15.2 Å². The first-order valence-corrected chi connectivity index (χ1v) is 10.6. The molecule has 9 heteroatoms. The maximum absolute atomic E-state index is 14.2. The lowest BCUT2D eigenvalue weighted by Crippen LogP contribution is -2.19. The van der Waals surface area contributed by atoms with E-state index in [0.29, 0.717) is 30.4 Å². The van der Waals surface area contributed by atoms with Gasteiger partial charge >= 0.3 is 6.61 Å². The van der Waals surface area contributed by atoms with Crippen molar-refractivity contribution < 1.29 is 27.4 Å². The molecular weight excluding hydrogens is 423 g/mol. The summed E-state index contributed by atoms with van der Waals surface area (Å²) < 4.78 is 53.0. The molecule has 6 nitrogen and oxygen atoms in total. The van der Waals surface area contributed by atoms with Crippen molar-refractivity contribution in [2.75, 3.05) is 6.61 Å². The fourth-order valence-corrected chi connectivity index (χ4v) is 4.16. The van der Waals surface area contributed by atoms with Crippen molar-refractivity contribution in [1.29, 1.82) is 0 Å². The Morgan fingerprint density at radius 1 is 1.31 bits per heavy atom. The van der Waals surface area contributed by atoms with E-state index in [1.807, 2.05) is 13.0 Å². The molecule has 0 bridgehead atoms. The predicted octanol–water partition coefficient (Wildman–Crippen LogP) is 5.19. The number of alkyl halides is 2. The molecule has 1 fully saturated rings. The molecule has 1 aliphatic rings. The highest BCUT2D eigenvalue weighted by Gasteiger charge is 2.27. The normalized spacial score (nSPS) is 16.6. The van der Waals surface area contributed by atoms with Gasteiger partial charge in [0.05, 0.1) is 0 Å². The predicted molar refractivity (Wildman–Crippen MR) is 113 cm³/mol. The van der Waals surface area contributed by atoms with Crippen LogP contribution in [0.4, 0.5) is 13.2 Å². The summed E-state index contributed by atoms with van der Waals surface area (Å²) in [4.78, 5) is 12.0. The maximum atomic E-state index is 14.2. The number of primary amides is 1. The van der Waals surface area contributed by atoms with Crippen molar-refractivity contribution in [2.24, 2.45) is 5.73 Å². The van der Waals surface area contributed by atoms with Crippen molar-refractivity contribution in [3.05, 3.63) is 47.3 Å².